The van der Waals surface area contributed by atoms with E-state index in [0.717, 1.165) is 10.8 Å². The molecule has 0 bridgehead atoms. The molecule has 0 fully saturated rings. The molecule has 0 unspecified atom stereocenters. The van der Waals surface area contributed by atoms with Gasteiger partial charge in [0.2, 0.25) is 0 Å². The van der Waals surface area contributed by atoms with Crippen molar-refractivity contribution in [3.8, 4) is 11.4 Å². The maximum atomic E-state index is 12.7. The molecule has 2 rings (SSSR count). The summed E-state index contributed by atoms with van der Waals surface area (Å²) in [6.07, 6.45) is -1.85. The van der Waals surface area contributed by atoms with E-state index >= 15 is 0 Å². The lowest BCUT2D eigenvalue weighted by Gasteiger charge is -2.11. The van der Waals surface area contributed by atoms with E-state index in [-0.39, 0.29) is 17.9 Å². The number of nitrogens with zero attached hydrogens (tertiary/aromatic N) is 3. The summed E-state index contributed by atoms with van der Waals surface area (Å²) in [4.78, 5) is 19.7. The highest BCUT2D eigenvalue weighted by molar-refractivity contribution is 14.1. The lowest BCUT2D eigenvalue weighted by atomic mass is 10.2. The highest BCUT2D eigenvalue weighted by Crippen LogP contribution is 2.26. The average molecular weight is 425 g/mol. The Morgan fingerprint density at radius 3 is 2.77 bits per heavy atom. The summed E-state index contributed by atoms with van der Waals surface area (Å²) in [6, 6.07) is 2.82. The van der Waals surface area contributed by atoms with E-state index in [2.05, 4.69) is 9.97 Å². The van der Waals surface area contributed by atoms with Crippen LogP contribution >= 0.6 is 22.6 Å². The first kappa shape index (κ1) is 16.7. The minimum atomic E-state index is -4.42. The van der Waals surface area contributed by atoms with Crippen molar-refractivity contribution in [1.29, 1.82) is 0 Å². The molecule has 0 N–H and O–H groups in total. The molecule has 0 aliphatic carbocycles. The van der Waals surface area contributed by atoms with Crippen LogP contribution in [0.15, 0.2) is 24.5 Å². The first-order valence-corrected chi connectivity index (χ1v) is 7.31. The van der Waals surface area contributed by atoms with Gasteiger partial charge >= 0.3 is 12.1 Å². The summed E-state index contributed by atoms with van der Waals surface area (Å²) < 4.78 is 44.3. The summed E-state index contributed by atoms with van der Waals surface area (Å²) in [5.41, 5.74) is 0.537. The van der Waals surface area contributed by atoms with Crippen LogP contribution in [0.5, 0.6) is 0 Å². The second-order valence-electron chi connectivity index (χ2n) is 4.29. The number of hydrogen-bond donors (Lipinski definition) is 0. The van der Waals surface area contributed by atoms with Gasteiger partial charge in [0.1, 0.15) is 6.54 Å². The monoisotopic (exact) mass is 425 g/mol. The standard InChI is InChI=1S/C13H11F3IN3O2/c1-2-22-11(21)8-5-10(9-3-4-18-12(17)19-9)20(6-8)7-13(14,15)16/h3-6H,2,7H2,1H3. The zero-order chi connectivity index (χ0) is 16.3. The molecule has 0 atom stereocenters. The van der Waals surface area contributed by atoms with Crippen LogP contribution in [0.3, 0.4) is 0 Å². The highest BCUT2D eigenvalue weighted by atomic mass is 127. The number of rotatable bonds is 4. The smallest absolute Gasteiger partial charge is 0.406 e. The Balaban J connectivity index is 2.47. The summed E-state index contributed by atoms with van der Waals surface area (Å²) in [5.74, 6) is -0.673. The van der Waals surface area contributed by atoms with E-state index in [0.29, 0.717) is 9.53 Å². The van der Waals surface area contributed by atoms with Crippen molar-refractivity contribution in [2.24, 2.45) is 0 Å². The Morgan fingerprint density at radius 2 is 2.18 bits per heavy atom. The summed E-state index contributed by atoms with van der Waals surface area (Å²) in [5, 5.41) is 0. The lowest BCUT2D eigenvalue weighted by molar-refractivity contribution is -0.140. The third-order valence-electron chi connectivity index (χ3n) is 2.65. The Kier molecular flexibility index (Phi) is 5.04. The molecule has 0 spiro atoms. The number of hydrogen-bond acceptors (Lipinski definition) is 4. The summed E-state index contributed by atoms with van der Waals surface area (Å²) in [7, 11) is 0. The van der Waals surface area contributed by atoms with Crippen LogP contribution in [0, 0.1) is 3.83 Å². The predicted octanol–water partition coefficient (Wildman–Crippen LogP) is 3.29. The van der Waals surface area contributed by atoms with Crippen molar-refractivity contribution < 1.29 is 22.7 Å². The molecule has 118 valence electrons. The number of carbonyl (C=O) groups excluding carboxylic acids is 1. The Bertz CT molecular complexity index is 685. The molecule has 0 saturated heterocycles. The van der Waals surface area contributed by atoms with Gasteiger partial charge in [-0.1, -0.05) is 0 Å². The van der Waals surface area contributed by atoms with Crippen molar-refractivity contribution in [3.63, 3.8) is 0 Å². The van der Waals surface area contributed by atoms with Crippen LogP contribution in [-0.4, -0.2) is 33.3 Å². The van der Waals surface area contributed by atoms with Crippen LogP contribution in [0.4, 0.5) is 13.2 Å². The molecule has 0 saturated carbocycles. The normalized spacial score (nSPS) is 11.5. The largest absolute Gasteiger partial charge is 0.462 e. The van der Waals surface area contributed by atoms with Crippen LogP contribution in [0.25, 0.3) is 11.4 Å². The second-order valence-corrected chi connectivity index (χ2v) is 5.25. The Hall–Kier alpha value is -1.65. The van der Waals surface area contributed by atoms with Crippen molar-refractivity contribution in [1.82, 2.24) is 14.5 Å². The van der Waals surface area contributed by atoms with Gasteiger partial charge in [0.15, 0.2) is 3.83 Å². The second kappa shape index (κ2) is 6.63. The summed E-state index contributed by atoms with van der Waals surface area (Å²) in [6.45, 7) is 0.546. The van der Waals surface area contributed by atoms with Gasteiger partial charge in [0, 0.05) is 35.0 Å². The molecule has 22 heavy (non-hydrogen) atoms. The molecule has 0 amide bonds. The summed E-state index contributed by atoms with van der Waals surface area (Å²) >= 11 is 1.86. The Morgan fingerprint density at radius 1 is 1.45 bits per heavy atom. The average Bonchev–Trinajstić information content (AvgIpc) is 2.80. The maximum Gasteiger partial charge on any atom is 0.406 e. The number of halogens is 4. The minimum absolute atomic E-state index is 0.0507. The van der Waals surface area contributed by atoms with Crippen molar-refractivity contribution in [2.45, 2.75) is 19.6 Å². The zero-order valence-corrected chi connectivity index (χ0v) is 13.6. The van der Waals surface area contributed by atoms with Gasteiger partial charge in [-0.15, -0.1) is 0 Å². The first-order chi connectivity index (χ1) is 10.3. The first-order valence-electron chi connectivity index (χ1n) is 6.23. The van der Waals surface area contributed by atoms with Gasteiger partial charge in [-0.05, 0) is 19.1 Å². The molecule has 2 aromatic rings. The fraction of sp³-hybridized carbons (Fsp3) is 0.308. The van der Waals surface area contributed by atoms with Crippen molar-refractivity contribution in [3.05, 3.63) is 33.9 Å². The van der Waals surface area contributed by atoms with Gasteiger partial charge in [0.25, 0.3) is 0 Å². The van der Waals surface area contributed by atoms with E-state index in [4.69, 9.17) is 4.74 Å². The van der Waals surface area contributed by atoms with Gasteiger partial charge < -0.3 is 9.30 Å². The van der Waals surface area contributed by atoms with Crippen molar-refractivity contribution >= 4 is 28.6 Å². The van der Waals surface area contributed by atoms with Gasteiger partial charge in [-0.3, -0.25) is 0 Å². The van der Waals surface area contributed by atoms with Gasteiger partial charge in [-0.2, -0.15) is 13.2 Å². The topological polar surface area (TPSA) is 57.0 Å². The number of carbonyl (C=O) groups is 1. The van der Waals surface area contributed by atoms with Gasteiger partial charge in [0.05, 0.1) is 23.6 Å². The number of esters is 1. The van der Waals surface area contributed by atoms with Crippen LogP contribution in [0.2, 0.25) is 0 Å². The molecule has 2 heterocycles. The predicted molar refractivity (Wildman–Crippen MR) is 80.2 cm³/mol. The minimum Gasteiger partial charge on any atom is -0.462 e. The molecule has 5 nitrogen and oxygen atoms in total. The third kappa shape index (κ3) is 4.18. The quantitative estimate of drug-likeness (QED) is 0.429. The molecular weight excluding hydrogens is 414 g/mol. The fourth-order valence-electron chi connectivity index (χ4n) is 1.85. The van der Waals surface area contributed by atoms with Crippen molar-refractivity contribution in [2.75, 3.05) is 6.61 Å². The van der Waals surface area contributed by atoms with E-state index in [9.17, 15) is 18.0 Å². The van der Waals surface area contributed by atoms with E-state index in [1.54, 1.807) is 6.92 Å². The maximum absolute atomic E-state index is 12.7. The van der Waals surface area contributed by atoms with E-state index in [1.165, 1.54) is 18.3 Å². The van der Waals surface area contributed by atoms with Crippen LogP contribution in [-0.2, 0) is 11.3 Å². The van der Waals surface area contributed by atoms with Crippen LogP contribution in [0.1, 0.15) is 17.3 Å². The molecule has 0 aliphatic rings. The van der Waals surface area contributed by atoms with Gasteiger partial charge in [-0.25, -0.2) is 14.8 Å². The molecule has 2 aromatic heterocycles. The van der Waals surface area contributed by atoms with E-state index < -0.39 is 18.7 Å². The number of ether oxygens (including phenoxy) is 1. The number of aromatic nitrogens is 3. The van der Waals surface area contributed by atoms with E-state index in [1.807, 2.05) is 22.6 Å². The molecule has 9 heteroatoms. The fourth-order valence-corrected chi connectivity index (χ4v) is 2.27. The van der Waals surface area contributed by atoms with Crippen LogP contribution < -0.4 is 0 Å². The highest BCUT2D eigenvalue weighted by Gasteiger charge is 2.30. The lowest BCUT2D eigenvalue weighted by Crippen LogP contribution is -2.18. The molecule has 0 aliphatic heterocycles. The SMILES string of the molecule is CCOC(=O)c1cc(-c2ccnc(I)n2)n(CC(F)(F)F)c1. The third-order valence-corrected chi connectivity index (χ3v) is 3.17. The Labute approximate surface area is 137 Å². The molecule has 0 aromatic carbocycles. The molecular formula is C13H11F3IN3O2. The number of alkyl halides is 3. The molecule has 0 radical (unpaired) electrons. The zero-order valence-electron chi connectivity index (χ0n) is 11.4.